The van der Waals surface area contributed by atoms with Crippen LogP contribution in [0.5, 0.6) is 0 Å². The van der Waals surface area contributed by atoms with Crippen LogP contribution in [0.2, 0.25) is 0 Å². The number of rotatable bonds is 12. The molecule has 7 heteroatoms. The Morgan fingerprint density at radius 1 is 0.974 bits per heavy atom. The number of azo groups is 1. The Morgan fingerprint density at radius 3 is 2.26 bits per heavy atom. The number of hydrogen-bond acceptors (Lipinski definition) is 7. The van der Waals surface area contributed by atoms with E-state index < -0.39 is 5.41 Å². The maximum Gasteiger partial charge on any atom is 0.311 e. The number of benzene rings is 3. The number of fused-ring (bicyclic) bond motifs is 1. The van der Waals surface area contributed by atoms with Crippen molar-refractivity contribution in [3.63, 3.8) is 0 Å². The third-order valence-electron chi connectivity index (χ3n) is 7.20. The van der Waals surface area contributed by atoms with Gasteiger partial charge in [0.25, 0.3) is 0 Å². The molecule has 1 atom stereocenters. The number of anilines is 1. The molecule has 0 aliphatic heterocycles. The van der Waals surface area contributed by atoms with E-state index in [4.69, 9.17) is 9.72 Å². The second-order valence-corrected chi connectivity index (χ2v) is 11.2. The van der Waals surface area contributed by atoms with Crippen LogP contribution in [0.25, 0.3) is 20.8 Å². The Kier molecular flexibility index (Phi) is 9.46. The third-order valence-corrected chi connectivity index (χ3v) is 8.27. The predicted octanol–water partition coefficient (Wildman–Crippen LogP) is 9.27. The number of nitrogens with zero attached hydrogens (tertiary/aromatic N) is 4. The number of ether oxygens (including phenoxy) is 1. The number of likely N-dealkylation sites (N-methyl/N-ethyl adjacent to an activating group) is 1. The van der Waals surface area contributed by atoms with Gasteiger partial charge < -0.3 is 9.64 Å². The molecule has 0 saturated heterocycles. The molecule has 0 radical (unpaired) electrons. The molecule has 0 amide bonds. The minimum Gasteiger partial charge on any atom is -0.463 e. The number of carbonyl (C=O) groups is 1. The smallest absolute Gasteiger partial charge is 0.311 e. The molecule has 204 valence electrons. The first kappa shape index (κ1) is 28.4. The first-order valence-corrected chi connectivity index (χ1v) is 14.6. The molecule has 1 heterocycles. The molecule has 39 heavy (non-hydrogen) atoms. The molecule has 0 aliphatic carbocycles. The lowest BCUT2D eigenvalue weighted by atomic mass is 9.83. The van der Waals surface area contributed by atoms with E-state index in [1.54, 1.807) is 11.3 Å². The van der Waals surface area contributed by atoms with Gasteiger partial charge in [0.15, 0.2) is 0 Å². The summed E-state index contributed by atoms with van der Waals surface area (Å²) in [4.78, 5) is 19.6. The van der Waals surface area contributed by atoms with Gasteiger partial charge in [-0.25, -0.2) is 4.98 Å². The highest BCUT2D eigenvalue weighted by molar-refractivity contribution is 7.21. The van der Waals surface area contributed by atoms with Crippen LogP contribution in [0.15, 0.2) is 77.0 Å². The minimum atomic E-state index is -0.395. The van der Waals surface area contributed by atoms with Gasteiger partial charge in [-0.05, 0) is 99.8 Å². The Labute approximate surface area is 235 Å². The molecule has 0 saturated carbocycles. The summed E-state index contributed by atoms with van der Waals surface area (Å²) >= 11 is 1.70. The van der Waals surface area contributed by atoms with Gasteiger partial charge in [0, 0.05) is 17.8 Å². The molecule has 0 aliphatic rings. The van der Waals surface area contributed by atoms with Gasteiger partial charge in [-0.1, -0.05) is 26.3 Å². The summed E-state index contributed by atoms with van der Waals surface area (Å²) in [6.07, 6.45) is 2.61. The van der Waals surface area contributed by atoms with Crippen molar-refractivity contribution >= 4 is 44.6 Å². The summed E-state index contributed by atoms with van der Waals surface area (Å²) < 4.78 is 6.86. The van der Waals surface area contributed by atoms with E-state index in [2.05, 4.69) is 54.1 Å². The highest BCUT2D eigenvalue weighted by atomic mass is 32.1. The van der Waals surface area contributed by atoms with Crippen LogP contribution < -0.4 is 4.90 Å². The van der Waals surface area contributed by atoms with Gasteiger partial charge in [0.1, 0.15) is 11.6 Å². The Morgan fingerprint density at radius 2 is 1.64 bits per heavy atom. The molecule has 4 rings (SSSR count). The van der Waals surface area contributed by atoms with Crippen molar-refractivity contribution in [1.82, 2.24) is 4.98 Å². The first-order valence-electron chi connectivity index (χ1n) is 13.8. The molecule has 4 aromatic rings. The van der Waals surface area contributed by atoms with Crippen molar-refractivity contribution in [3.05, 3.63) is 72.3 Å². The lowest BCUT2D eigenvalue weighted by Crippen LogP contribution is -2.33. The van der Waals surface area contributed by atoms with Gasteiger partial charge in [-0.3, -0.25) is 4.79 Å². The molecule has 1 aromatic heterocycles. The molecular formula is C32H38N4O2S. The number of carbonyl (C=O) groups excluding carboxylic acids is 1. The third kappa shape index (κ3) is 7.09. The zero-order valence-corrected chi connectivity index (χ0v) is 24.4. The molecule has 3 aromatic carbocycles. The summed E-state index contributed by atoms with van der Waals surface area (Å²) in [5.74, 6) is -0.0955. The molecule has 0 bridgehead atoms. The summed E-state index contributed by atoms with van der Waals surface area (Å²) in [6, 6.07) is 22.3. The van der Waals surface area contributed by atoms with Crippen molar-refractivity contribution < 1.29 is 9.53 Å². The van der Waals surface area contributed by atoms with Crippen LogP contribution in [0.1, 0.15) is 52.5 Å². The average Bonchev–Trinajstić information content (AvgIpc) is 3.38. The van der Waals surface area contributed by atoms with E-state index in [1.165, 1.54) is 10.3 Å². The SMILES string of the molecule is CCCC(C)(CC)C(=O)OCCN(CC)c1ccc(N=Nc2ccc(-c3nc4ccc(C)cc4s3)cc2)cc1. The monoisotopic (exact) mass is 542 g/mol. The summed E-state index contributed by atoms with van der Waals surface area (Å²) in [7, 11) is 0. The maximum atomic E-state index is 12.6. The molecule has 1 unspecified atom stereocenters. The van der Waals surface area contributed by atoms with Gasteiger partial charge in [0.05, 0.1) is 33.6 Å². The molecular weight excluding hydrogens is 504 g/mol. The number of esters is 1. The zero-order chi connectivity index (χ0) is 27.8. The van der Waals surface area contributed by atoms with Gasteiger partial charge >= 0.3 is 5.97 Å². The van der Waals surface area contributed by atoms with Crippen molar-refractivity contribution in [2.75, 3.05) is 24.6 Å². The van der Waals surface area contributed by atoms with Gasteiger partial charge in [0.2, 0.25) is 0 Å². The van der Waals surface area contributed by atoms with Crippen LogP contribution in [0, 0.1) is 12.3 Å². The second-order valence-electron chi connectivity index (χ2n) is 10.1. The standard InChI is InChI=1S/C32H38N4O2S/c1-6-19-32(5,7-2)31(37)38-21-20-36(8-3)27-16-14-26(15-17-27)35-34-25-12-10-24(11-13-25)30-33-28-18-9-23(4)22-29(28)39-30/h9-18,22H,6-8,19-21H2,1-5H3. The fraction of sp³-hybridized carbons (Fsp3) is 0.375. The van der Waals surface area contributed by atoms with Crippen molar-refractivity contribution in [2.24, 2.45) is 15.6 Å². The summed E-state index contributed by atoms with van der Waals surface area (Å²) in [5, 5.41) is 9.83. The zero-order valence-electron chi connectivity index (χ0n) is 23.6. The van der Waals surface area contributed by atoms with E-state index in [1.807, 2.05) is 62.4 Å². The molecule has 6 nitrogen and oxygen atoms in total. The number of aryl methyl sites for hydroxylation is 1. The second kappa shape index (κ2) is 13.0. The summed E-state index contributed by atoms with van der Waals surface area (Å²) in [6.45, 7) is 12.2. The van der Waals surface area contributed by atoms with Crippen LogP contribution in [0.3, 0.4) is 0 Å². The van der Waals surface area contributed by atoms with Crippen molar-refractivity contribution in [2.45, 2.75) is 53.9 Å². The average molecular weight is 543 g/mol. The fourth-order valence-corrected chi connectivity index (χ4v) is 5.61. The van der Waals surface area contributed by atoms with Crippen LogP contribution in [-0.2, 0) is 9.53 Å². The van der Waals surface area contributed by atoms with Crippen LogP contribution in [0.4, 0.5) is 17.1 Å². The topological polar surface area (TPSA) is 67.2 Å². The van der Waals surface area contributed by atoms with E-state index in [0.29, 0.717) is 13.2 Å². The van der Waals surface area contributed by atoms with Gasteiger partial charge in [-0.15, -0.1) is 11.3 Å². The Balaban J connectivity index is 1.33. The fourth-order valence-electron chi connectivity index (χ4n) is 4.54. The van der Waals surface area contributed by atoms with E-state index in [0.717, 1.165) is 59.0 Å². The normalized spacial score (nSPS) is 13.1. The molecule has 0 spiro atoms. The minimum absolute atomic E-state index is 0.0955. The van der Waals surface area contributed by atoms with E-state index in [-0.39, 0.29) is 5.97 Å². The lowest BCUT2D eigenvalue weighted by molar-refractivity contribution is -0.155. The Hall–Kier alpha value is -3.58. The van der Waals surface area contributed by atoms with Gasteiger partial charge in [-0.2, -0.15) is 10.2 Å². The van der Waals surface area contributed by atoms with E-state index >= 15 is 0 Å². The largest absolute Gasteiger partial charge is 0.463 e. The predicted molar refractivity (Wildman–Crippen MR) is 163 cm³/mol. The van der Waals surface area contributed by atoms with Crippen LogP contribution in [-0.4, -0.2) is 30.6 Å². The van der Waals surface area contributed by atoms with Crippen molar-refractivity contribution in [3.8, 4) is 10.6 Å². The number of thiazole rings is 1. The summed E-state index contributed by atoms with van der Waals surface area (Å²) in [5.41, 5.74) is 5.59. The Bertz CT molecular complexity index is 1410. The van der Waals surface area contributed by atoms with Crippen LogP contribution >= 0.6 is 11.3 Å². The quantitative estimate of drug-likeness (QED) is 0.132. The first-order chi connectivity index (χ1) is 18.8. The van der Waals surface area contributed by atoms with Crippen molar-refractivity contribution in [1.29, 1.82) is 0 Å². The number of hydrogen-bond donors (Lipinski definition) is 0. The number of aromatic nitrogens is 1. The highest BCUT2D eigenvalue weighted by Gasteiger charge is 2.31. The maximum absolute atomic E-state index is 12.6. The highest BCUT2D eigenvalue weighted by Crippen LogP contribution is 2.32. The van der Waals surface area contributed by atoms with E-state index in [9.17, 15) is 4.79 Å². The lowest BCUT2D eigenvalue weighted by Gasteiger charge is -2.27. The molecule has 0 fully saturated rings. The molecule has 0 N–H and O–H groups in total.